The Morgan fingerprint density at radius 3 is 2.58 bits per heavy atom. The number of hydrogen-bond donors (Lipinski definition) is 1. The van der Waals surface area contributed by atoms with E-state index in [1.807, 2.05) is 13.8 Å². The molecule has 2 aliphatic rings. The lowest BCUT2D eigenvalue weighted by molar-refractivity contribution is -0.137. The molecule has 1 heterocycles. The van der Waals surface area contributed by atoms with E-state index in [2.05, 4.69) is 17.1 Å². The van der Waals surface area contributed by atoms with Crippen LogP contribution in [0.4, 0.5) is 0 Å². The fourth-order valence-electron chi connectivity index (χ4n) is 3.15. The minimum Gasteiger partial charge on any atom is -0.341 e. The van der Waals surface area contributed by atoms with Gasteiger partial charge in [0.15, 0.2) is 0 Å². The van der Waals surface area contributed by atoms with Gasteiger partial charge in [-0.25, -0.2) is 0 Å². The van der Waals surface area contributed by atoms with E-state index in [0.29, 0.717) is 17.9 Å². The molecular weight excluding hydrogens is 236 g/mol. The van der Waals surface area contributed by atoms with Crippen LogP contribution in [0, 0.1) is 11.8 Å². The Labute approximate surface area is 118 Å². The zero-order valence-corrected chi connectivity index (χ0v) is 12.8. The van der Waals surface area contributed by atoms with E-state index in [4.69, 9.17) is 0 Å². The summed E-state index contributed by atoms with van der Waals surface area (Å²) in [5, 5.41) is 3.73. The average molecular weight is 266 g/mol. The molecule has 1 N–H and O–H groups in total. The summed E-state index contributed by atoms with van der Waals surface area (Å²) < 4.78 is 0. The maximum atomic E-state index is 12.3. The molecule has 1 saturated heterocycles. The monoisotopic (exact) mass is 266 g/mol. The molecule has 1 saturated carbocycles. The summed E-state index contributed by atoms with van der Waals surface area (Å²) in [7, 11) is 0. The minimum atomic E-state index is 0.131. The fourth-order valence-corrected chi connectivity index (χ4v) is 3.15. The Bertz CT molecular complexity index is 299. The van der Waals surface area contributed by atoms with Gasteiger partial charge < -0.3 is 10.2 Å². The molecule has 1 aliphatic heterocycles. The summed E-state index contributed by atoms with van der Waals surface area (Å²) in [4.78, 5) is 14.4. The molecule has 1 aliphatic carbocycles. The Balaban J connectivity index is 1.91. The minimum absolute atomic E-state index is 0.131. The lowest BCUT2D eigenvalue weighted by Crippen LogP contribution is -2.52. The SMILES string of the molecule is CCCCC1CC(NC2CC2)CN(C(=O)C(C)C)C1. The molecule has 0 aromatic carbocycles. The second-order valence-electron chi connectivity index (χ2n) is 6.78. The van der Waals surface area contributed by atoms with E-state index in [9.17, 15) is 4.79 Å². The first kappa shape index (κ1) is 14.8. The van der Waals surface area contributed by atoms with Crippen molar-refractivity contribution >= 4 is 5.91 Å². The van der Waals surface area contributed by atoms with Gasteiger partial charge in [0.05, 0.1) is 0 Å². The highest BCUT2D eigenvalue weighted by molar-refractivity contribution is 5.78. The van der Waals surface area contributed by atoms with Crippen LogP contribution in [0.25, 0.3) is 0 Å². The Kier molecular flexibility index (Phi) is 5.26. The van der Waals surface area contributed by atoms with Crippen LogP contribution in [0.15, 0.2) is 0 Å². The maximum Gasteiger partial charge on any atom is 0.225 e. The van der Waals surface area contributed by atoms with E-state index >= 15 is 0 Å². The summed E-state index contributed by atoms with van der Waals surface area (Å²) in [6.07, 6.45) is 7.75. The van der Waals surface area contributed by atoms with Crippen LogP contribution in [0.2, 0.25) is 0 Å². The predicted octanol–water partition coefficient (Wildman–Crippen LogP) is 2.80. The number of carbonyl (C=O) groups excluding carboxylic acids is 1. The molecule has 2 fully saturated rings. The smallest absolute Gasteiger partial charge is 0.225 e. The molecule has 0 spiro atoms. The number of hydrogen-bond acceptors (Lipinski definition) is 2. The third kappa shape index (κ3) is 4.48. The van der Waals surface area contributed by atoms with Crippen molar-refractivity contribution in [1.29, 1.82) is 0 Å². The molecular formula is C16H30N2O. The largest absolute Gasteiger partial charge is 0.341 e. The quantitative estimate of drug-likeness (QED) is 0.802. The van der Waals surface area contributed by atoms with Gasteiger partial charge >= 0.3 is 0 Å². The highest BCUT2D eigenvalue weighted by Crippen LogP contribution is 2.27. The molecule has 0 bridgehead atoms. The summed E-state index contributed by atoms with van der Waals surface area (Å²) in [5.41, 5.74) is 0. The van der Waals surface area contributed by atoms with Gasteiger partial charge in [0.25, 0.3) is 0 Å². The van der Waals surface area contributed by atoms with Gasteiger partial charge in [-0.1, -0.05) is 33.6 Å². The van der Waals surface area contributed by atoms with Crippen LogP contribution in [-0.4, -0.2) is 36.0 Å². The van der Waals surface area contributed by atoms with E-state index in [1.165, 1.54) is 38.5 Å². The zero-order valence-electron chi connectivity index (χ0n) is 12.8. The standard InChI is InChI=1S/C16H30N2O/c1-4-5-6-13-9-15(17-14-7-8-14)11-18(10-13)16(19)12(2)3/h12-15,17H,4-11H2,1-3H3. The molecule has 2 atom stereocenters. The van der Waals surface area contributed by atoms with Crippen molar-refractivity contribution in [3.63, 3.8) is 0 Å². The molecule has 3 heteroatoms. The molecule has 19 heavy (non-hydrogen) atoms. The molecule has 0 aromatic heterocycles. The number of piperidine rings is 1. The van der Waals surface area contributed by atoms with Crippen molar-refractivity contribution < 1.29 is 4.79 Å². The van der Waals surface area contributed by atoms with Crippen LogP contribution < -0.4 is 5.32 Å². The third-order valence-corrected chi connectivity index (χ3v) is 4.36. The lowest BCUT2D eigenvalue weighted by Gasteiger charge is -2.39. The van der Waals surface area contributed by atoms with Crippen LogP contribution in [0.5, 0.6) is 0 Å². The number of nitrogens with zero attached hydrogens (tertiary/aromatic N) is 1. The second kappa shape index (κ2) is 6.74. The third-order valence-electron chi connectivity index (χ3n) is 4.36. The Morgan fingerprint density at radius 1 is 1.26 bits per heavy atom. The van der Waals surface area contributed by atoms with Crippen molar-refractivity contribution in [3.8, 4) is 0 Å². The fraction of sp³-hybridized carbons (Fsp3) is 0.938. The van der Waals surface area contributed by atoms with Crippen molar-refractivity contribution in [3.05, 3.63) is 0 Å². The van der Waals surface area contributed by atoms with Crippen LogP contribution in [0.3, 0.4) is 0 Å². The Morgan fingerprint density at radius 2 is 2.00 bits per heavy atom. The lowest BCUT2D eigenvalue weighted by atomic mass is 9.89. The van der Waals surface area contributed by atoms with Crippen LogP contribution in [-0.2, 0) is 4.79 Å². The molecule has 2 rings (SSSR count). The number of amides is 1. The highest BCUT2D eigenvalue weighted by Gasteiger charge is 2.33. The van der Waals surface area contributed by atoms with Gasteiger partial charge in [-0.15, -0.1) is 0 Å². The molecule has 2 unspecified atom stereocenters. The van der Waals surface area contributed by atoms with E-state index < -0.39 is 0 Å². The van der Waals surface area contributed by atoms with Crippen LogP contribution in [0.1, 0.15) is 59.3 Å². The molecule has 0 aromatic rings. The number of likely N-dealkylation sites (tertiary alicyclic amines) is 1. The summed E-state index contributed by atoms with van der Waals surface area (Å²) in [6.45, 7) is 8.19. The Hall–Kier alpha value is -0.570. The molecule has 1 amide bonds. The van der Waals surface area contributed by atoms with Gasteiger partial charge in [0, 0.05) is 31.1 Å². The van der Waals surface area contributed by atoms with Gasteiger partial charge in [0.2, 0.25) is 5.91 Å². The summed E-state index contributed by atoms with van der Waals surface area (Å²) in [6, 6.07) is 1.27. The number of rotatable bonds is 6. The van der Waals surface area contributed by atoms with Crippen molar-refractivity contribution in [1.82, 2.24) is 10.2 Å². The number of carbonyl (C=O) groups is 1. The normalized spacial score (nSPS) is 27.9. The van der Waals surface area contributed by atoms with Gasteiger partial charge in [-0.05, 0) is 31.6 Å². The van der Waals surface area contributed by atoms with Crippen molar-refractivity contribution in [2.24, 2.45) is 11.8 Å². The zero-order chi connectivity index (χ0) is 13.8. The topological polar surface area (TPSA) is 32.3 Å². The first-order valence-electron chi connectivity index (χ1n) is 8.15. The van der Waals surface area contributed by atoms with Crippen LogP contribution >= 0.6 is 0 Å². The van der Waals surface area contributed by atoms with Crippen molar-refractivity contribution in [2.45, 2.75) is 71.4 Å². The molecule has 110 valence electrons. The second-order valence-corrected chi connectivity index (χ2v) is 6.78. The van der Waals surface area contributed by atoms with E-state index in [1.54, 1.807) is 0 Å². The van der Waals surface area contributed by atoms with Crippen molar-refractivity contribution in [2.75, 3.05) is 13.1 Å². The summed E-state index contributed by atoms with van der Waals surface area (Å²) in [5.74, 6) is 1.17. The predicted molar refractivity (Wildman–Crippen MR) is 79.0 cm³/mol. The number of nitrogens with one attached hydrogen (secondary N) is 1. The van der Waals surface area contributed by atoms with Gasteiger partial charge in [0.1, 0.15) is 0 Å². The van der Waals surface area contributed by atoms with E-state index in [-0.39, 0.29) is 5.92 Å². The van der Waals surface area contributed by atoms with E-state index in [0.717, 1.165) is 19.1 Å². The first-order chi connectivity index (χ1) is 9.10. The first-order valence-corrected chi connectivity index (χ1v) is 8.15. The highest BCUT2D eigenvalue weighted by atomic mass is 16.2. The average Bonchev–Trinajstić information content (AvgIpc) is 3.19. The molecule has 3 nitrogen and oxygen atoms in total. The molecule has 0 radical (unpaired) electrons. The number of unbranched alkanes of at least 4 members (excludes halogenated alkanes) is 1. The van der Waals surface area contributed by atoms with Gasteiger partial charge in [-0.2, -0.15) is 0 Å². The summed E-state index contributed by atoms with van der Waals surface area (Å²) >= 11 is 0. The maximum absolute atomic E-state index is 12.3. The van der Waals surface area contributed by atoms with Gasteiger partial charge in [-0.3, -0.25) is 4.79 Å².